The molecule has 3 aromatic heterocycles. The van der Waals surface area contributed by atoms with Crippen molar-refractivity contribution in [1.29, 1.82) is 0 Å². The van der Waals surface area contributed by atoms with Gasteiger partial charge in [0, 0.05) is 39.1 Å². The van der Waals surface area contributed by atoms with Crippen LogP contribution in [-0.4, -0.2) is 41.5 Å². The van der Waals surface area contributed by atoms with Crippen LogP contribution in [0.15, 0.2) is 29.9 Å². The number of aromatic nitrogens is 3. The van der Waals surface area contributed by atoms with Crippen LogP contribution in [0.4, 0.5) is 35.5 Å². The molecule has 0 radical (unpaired) electrons. The average molecular weight is 448 g/mol. The van der Waals surface area contributed by atoms with Crippen molar-refractivity contribution in [3.63, 3.8) is 0 Å². The number of amides is 1. The zero-order valence-corrected chi connectivity index (χ0v) is 17.8. The molecular weight excluding hydrogens is 429 g/mol. The minimum absolute atomic E-state index is 0.0118. The number of nitrogens with one attached hydrogen (secondary N) is 1. The van der Waals surface area contributed by atoms with E-state index in [1.54, 1.807) is 0 Å². The maximum Gasteiger partial charge on any atom is 0.417 e. The van der Waals surface area contributed by atoms with E-state index in [1.165, 1.54) is 30.9 Å². The SMILES string of the molecule is CC(=O)N(C)c1cc(C(F)(F)F)cnc1Nc1nc(-c2cc3c(cn2)N(C)CC3)cs1. The molecule has 162 valence electrons. The number of hydrogen-bond donors (Lipinski definition) is 1. The quantitative estimate of drug-likeness (QED) is 0.640. The maximum absolute atomic E-state index is 13.1. The summed E-state index contributed by atoms with van der Waals surface area (Å²) in [5.41, 5.74) is 2.75. The second-order valence-electron chi connectivity index (χ2n) is 7.20. The monoisotopic (exact) mass is 448 g/mol. The lowest BCUT2D eigenvalue weighted by atomic mass is 10.1. The fraction of sp³-hybridized carbons (Fsp3) is 0.300. The van der Waals surface area contributed by atoms with Crippen LogP contribution in [0, 0.1) is 0 Å². The summed E-state index contributed by atoms with van der Waals surface area (Å²) in [4.78, 5) is 27.9. The highest BCUT2D eigenvalue weighted by molar-refractivity contribution is 7.14. The summed E-state index contributed by atoms with van der Waals surface area (Å²) in [6.45, 7) is 2.21. The third-order valence-electron chi connectivity index (χ3n) is 5.11. The van der Waals surface area contributed by atoms with Crippen molar-refractivity contribution in [1.82, 2.24) is 15.0 Å². The molecule has 1 aliphatic heterocycles. The van der Waals surface area contributed by atoms with Gasteiger partial charge in [-0.05, 0) is 24.1 Å². The van der Waals surface area contributed by atoms with Gasteiger partial charge in [0.2, 0.25) is 5.91 Å². The molecule has 1 aliphatic rings. The molecule has 0 unspecified atom stereocenters. The number of fused-ring (bicyclic) bond motifs is 1. The van der Waals surface area contributed by atoms with Crippen LogP contribution in [0.2, 0.25) is 0 Å². The summed E-state index contributed by atoms with van der Waals surface area (Å²) in [7, 11) is 3.41. The van der Waals surface area contributed by atoms with Crippen LogP contribution >= 0.6 is 11.3 Å². The van der Waals surface area contributed by atoms with Gasteiger partial charge >= 0.3 is 6.18 Å². The van der Waals surface area contributed by atoms with Gasteiger partial charge in [0.1, 0.15) is 5.69 Å². The van der Waals surface area contributed by atoms with Gasteiger partial charge in [0.05, 0.1) is 28.8 Å². The van der Waals surface area contributed by atoms with Crippen LogP contribution < -0.4 is 15.1 Å². The van der Waals surface area contributed by atoms with Crippen LogP contribution in [0.5, 0.6) is 0 Å². The minimum atomic E-state index is -4.57. The Morgan fingerprint density at radius 2 is 2.00 bits per heavy atom. The lowest BCUT2D eigenvalue weighted by Gasteiger charge is -2.20. The highest BCUT2D eigenvalue weighted by Gasteiger charge is 2.32. The van der Waals surface area contributed by atoms with Crippen LogP contribution in [0.3, 0.4) is 0 Å². The Labute approximate surface area is 180 Å². The first-order valence-electron chi connectivity index (χ1n) is 9.38. The molecule has 1 N–H and O–H groups in total. The Morgan fingerprint density at radius 3 is 2.71 bits per heavy atom. The smallest absolute Gasteiger partial charge is 0.373 e. The first kappa shape index (κ1) is 21.0. The molecule has 31 heavy (non-hydrogen) atoms. The fourth-order valence-electron chi connectivity index (χ4n) is 3.26. The van der Waals surface area contributed by atoms with E-state index >= 15 is 0 Å². The van der Waals surface area contributed by atoms with E-state index in [4.69, 9.17) is 0 Å². The normalized spacial score (nSPS) is 13.3. The Hall–Kier alpha value is -3.21. The molecule has 0 bridgehead atoms. The number of nitrogens with zero attached hydrogens (tertiary/aromatic N) is 5. The summed E-state index contributed by atoms with van der Waals surface area (Å²) in [6.07, 6.45) is -1.08. The van der Waals surface area contributed by atoms with Crippen molar-refractivity contribution in [3.8, 4) is 11.4 Å². The number of carbonyl (C=O) groups is 1. The van der Waals surface area contributed by atoms with Gasteiger partial charge in [-0.1, -0.05) is 0 Å². The number of rotatable bonds is 4. The van der Waals surface area contributed by atoms with Gasteiger partial charge in [0.15, 0.2) is 10.9 Å². The first-order valence-corrected chi connectivity index (χ1v) is 10.3. The first-order chi connectivity index (χ1) is 14.6. The van der Waals surface area contributed by atoms with Crippen LogP contribution in [-0.2, 0) is 17.4 Å². The third kappa shape index (κ3) is 4.18. The summed E-state index contributed by atoms with van der Waals surface area (Å²) >= 11 is 1.27. The second kappa shape index (κ2) is 7.80. The molecule has 0 spiro atoms. The molecule has 0 aromatic carbocycles. The Balaban J connectivity index is 1.63. The average Bonchev–Trinajstić information content (AvgIpc) is 3.33. The molecule has 0 saturated carbocycles. The van der Waals surface area contributed by atoms with Gasteiger partial charge < -0.3 is 15.1 Å². The topological polar surface area (TPSA) is 74.2 Å². The predicted molar refractivity (Wildman–Crippen MR) is 114 cm³/mol. The van der Waals surface area contributed by atoms with Crippen molar-refractivity contribution in [3.05, 3.63) is 41.0 Å². The van der Waals surface area contributed by atoms with E-state index in [9.17, 15) is 18.0 Å². The van der Waals surface area contributed by atoms with Gasteiger partial charge in [-0.2, -0.15) is 13.2 Å². The number of halogens is 3. The molecule has 3 aromatic rings. The number of anilines is 4. The summed E-state index contributed by atoms with van der Waals surface area (Å²) in [6, 6.07) is 2.90. The molecule has 1 amide bonds. The third-order valence-corrected chi connectivity index (χ3v) is 5.87. The van der Waals surface area contributed by atoms with Crippen LogP contribution in [0.1, 0.15) is 18.1 Å². The van der Waals surface area contributed by atoms with Crippen molar-refractivity contribution >= 4 is 39.6 Å². The summed E-state index contributed by atoms with van der Waals surface area (Å²) in [5.74, 6) is -0.313. The molecule has 7 nitrogen and oxygen atoms in total. The van der Waals surface area contributed by atoms with E-state index in [0.29, 0.717) is 10.8 Å². The molecule has 0 aliphatic carbocycles. The van der Waals surface area contributed by atoms with Crippen molar-refractivity contribution < 1.29 is 18.0 Å². The zero-order chi connectivity index (χ0) is 22.3. The fourth-order valence-corrected chi connectivity index (χ4v) is 3.97. The number of likely N-dealkylation sites (N-methyl/N-ethyl adjacent to an activating group) is 1. The summed E-state index contributed by atoms with van der Waals surface area (Å²) in [5, 5.41) is 5.18. The lowest BCUT2D eigenvalue weighted by molar-refractivity contribution is -0.137. The van der Waals surface area contributed by atoms with E-state index in [0.717, 1.165) is 41.5 Å². The van der Waals surface area contributed by atoms with E-state index < -0.39 is 17.6 Å². The van der Waals surface area contributed by atoms with Crippen molar-refractivity contribution in [2.45, 2.75) is 19.5 Å². The van der Waals surface area contributed by atoms with E-state index in [1.807, 2.05) is 24.7 Å². The van der Waals surface area contributed by atoms with E-state index in [-0.39, 0.29) is 11.5 Å². The minimum Gasteiger partial charge on any atom is -0.373 e. The van der Waals surface area contributed by atoms with E-state index in [2.05, 4.69) is 25.2 Å². The number of thiazole rings is 1. The van der Waals surface area contributed by atoms with Crippen LogP contribution in [0.25, 0.3) is 11.4 Å². The highest BCUT2D eigenvalue weighted by atomic mass is 32.1. The van der Waals surface area contributed by atoms with Gasteiger partial charge in [-0.25, -0.2) is 9.97 Å². The molecule has 4 heterocycles. The highest BCUT2D eigenvalue weighted by Crippen LogP contribution is 2.36. The lowest BCUT2D eigenvalue weighted by Crippen LogP contribution is -2.24. The van der Waals surface area contributed by atoms with Gasteiger partial charge in [0.25, 0.3) is 0 Å². The maximum atomic E-state index is 13.1. The molecule has 4 rings (SSSR count). The number of alkyl halides is 3. The second-order valence-corrected chi connectivity index (χ2v) is 8.06. The largest absolute Gasteiger partial charge is 0.417 e. The Kier molecular flexibility index (Phi) is 5.29. The number of pyridine rings is 2. The molecule has 0 atom stereocenters. The van der Waals surface area contributed by atoms with Crippen molar-refractivity contribution in [2.24, 2.45) is 0 Å². The zero-order valence-electron chi connectivity index (χ0n) is 17.0. The Morgan fingerprint density at radius 1 is 1.23 bits per heavy atom. The van der Waals surface area contributed by atoms with Gasteiger partial charge in [-0.15, -0.1) is 11.3 Å². The molecule has 0 fully saturated rings. The van der Waals surface area contributed by atoms with Crippen molar-refractivity contribution in [2.75, 3.05) is 35.8 Å². The van der Waals surface area contributed by atoms with Gasteiger partial charge in [-0.3, -0.25) is 9.78 Å². The molecular formula is C20H19F3N6OS. The predicted octanol–water partition coefficient (Wildman–Crippen LogP) is 4.34. The summed E-state index contributed by atoms with van der Waals surface area (Å²) < 4.78 is 39.4. The molecule has 11 heteroatoms. The standard InChI is InChI=1S/C20H19F3N6OS/c1-11(30)29(3)16-7-13(20(21,22)23)8-25-18(16)27-19-26-15(10-31-19)14-6-12-4-5-28(2)17(12)9-24-14/h6-10H,4-5H2,1-3H3,(H,25,26,27). The number of carbonyl (C=O) groups excluding carboxylic acids is 1. The number of hydrogen-bond acceptors (Lipinski definition) is 7. The Bertz CT molecular complexity index is 1150. The molecule has 0 saturated heterocycles.